The van der Waals surface area contributed by atoms with E-state index in [0.29, 0.717) is 31.1 Å². The molecule has 6 heteroatoms. The summed E-state index contributed by atoms with van der Waals surface area (Å²) in [5.74, 6) is 3.78. The van der Waals surface area contributed by atoms with Gasteiger partial charge in [-0.3, -0.25) is 9.89 Å². The molecular weight excluding hydrogens is 594 g/mol. The first kappa shape index (κ1) is 30.8. The highest BCUT2D eigenvalue weighted by Gasteiger charge is 2.39. The van der Waals surface area contributed by atoms with Crippen molar-refractivity contribution in [1.82, 2.24) is 9.88 Å². The number of benzene rings is 4. The number of nitrogens with zero attached hydrogens (tertiary/aromatic N) is 2. The molecule has 0 saturated carbocycles. The van der Waals surface area contributed by atoms with Gasteiger partial charge in [0.25, 0.3) is 0 Å². The maximum atomic E-state index is 6.31. The molecule has 48 heavy (non-hydrogen) atoms. The van der Waals surface area contributed by atoms with Crippen molar-refractivity contribution in [2.75, 3.05) is 26.7 Å². The Morgan fingerprint density at radius 1 is 0.833 bits per heavy atom. The van der Waals surface area contributed by atoms with Gasteiger partial charge in [-0.15, -0.1) is 0 Å². The number of nitrogens with one attached hydrogen (secondary N) is 1. The molecule has 0 unspecified atom stereocenters. The number of methoxy groups -OCH3 is 1. The van der Waals surface area contributed by atoms with Gasteiger partial charge in [0, 0.05) is 36.6 Å². The van der Waals surface area contributed by atoms with E-state index < -0.39 is 0 Å². The quantitative estimate of drug-likeness (QED) is 0.166. The van der Waals surface area contributed by atoms with Crippen molar-refractivity contribution in [2.24, 2.45) is 16.8 Å². The van der Waals surface area contributed by atoms with Gasteiger partial charge in [-0.1, -0.05) is 74.0 Å². The summed E-state index contributed by atoms with van der Waals surface area (Å²) in [6.07, 6.45) is 5.32. The van der Waals surface area contributed by atoms with Gasteiger partial charge in [0.05, 0.1) is 18.5 Å². The minimum absolute atomic E-state index is 0.384. The number of ether oxygens (including phenoxy) is 3. The standard InChI is InChI=1S/C42H45N3O3/c1-3-30-25-45-19-17-31-22-41(48-27-29-12-8-5-9-13-29)40(46-2)24-35(31)39(45)21-32(30)20-38-42-34(16-18-43-38)36-23-33(14-15-37(36)44-42)47-26-28-10-6-4-7-11-28/h4-15,22-24,30,32,39,44H,3,16-21,25-27H2,1-2H3/t30-,32-,39-/m0/s1. The van der Waals surface area contributed by atoms with Crippen LogP contribution in [0.2, 0.25) is 0 Å². The van der Waals surface area contributed by atoms with E-state index in [2.05, 4.69) is 95.7 Å². The van der Waals surface area contributed by atoms with E-state index in [4.69, 9.17) is 19.2 Å². The zero-order chi connectivity index (χ0) is 32.5. The Kier molecular flexibility index (Phi) is 8.66. The van der Waals surface area contributed by atoms with Crippen molar-refractivity contribution < 1.29 is 14.2 Å². The van der Waals surface area contributed by atoms with Crippen molar-refractivity contribution in [3.63, 3.8) is 0 Å². The molecule has 1 saturated heterocycles. The number of hydrogen-bond donors (Lipinski definition) is 1. The maximum Gasteiger partial charge on any atom is 0.161 e. The van der Waals surface area contributed by atoms with Crippen LogP contribution in [0.3, 0.4) is 0 Å². The highest BCUT2D eigenvalue weighted by atomic mass is 16.5. The number of hydrogen-bond acceptors (Lipinski definition) is 5. The molecule has 0 bridgehead atoms. The van der Waals surface area contributed by atoms with Crippen molar-refractivity contribution in [2.45, 2.75) is 58.3 Å². The van der Waals surface area contributed by atoms with Gasteiger partial charge in [-0.2, -0.15) is 0 Å². The zero-order valence-electron chi connectivity index (χ0n) is 28.1. The number of aliphatic imine (C=N–C) groups is 1. The second-order valence-electron chi connectivity index (χ2n) is 13.6. The number of fused-ring (bicyclic) bond motifs is 6. The Morgan fingerprint density at radius 2 is 1.60 bits per heavy atom. The van der Waals surface area contributed by atoms with Crippen LogP contribution in [0, 0.1) is 11.8 Å². The summed E-state index contributed by atoms with van der Waals surface area (Å²) in [7, 11) is 1.76. The number of H-pyrrole nitrogens is 1. The molecule has 3 atom stereocenters. The molecule has 4 heterocycles. The Bertz CT molecular complexity index is 1920. The third-order valence-corrected chi connectivity index (χ3v) is 10.9. The first-order valence-electron chi connectivity index (χ1n) is 17.6. The van der Waals surface area contributed by atoms with Crippen LogP contribution in [0.5, 0.6) is 17.2 Å². The average Bonchev–Trinajstić information content (AvgIpc) is 3.52. The lowest BCUT2D eigenvalue weighted by molar-refractivity contribution is 0.0546. The number of piperidine rings is 1. The molecule has 1 fully saturated rings. The van der Waals surface area contributed by atoms with E-state index in [-0.39, 0.29) is 0 Å². The molecule has 0 amide bonds. The summed E-state index contributed by atoms with van der Waals surface area (Å²) in [5, 5.41) is 1.27. The van der Waals surface area contributed by atoms with E-state index in [1.165, 1.54) is 51.0 Å². The van der Waals surface area contributed by atoms with Crippen LogP contribution in [-0.2, 0) is 26.1 Å². The van der Waals surface area contributed by atoms with Gasteiger partial charge in [0.15, 0.2) is 11.5 Å². The third kappa shape index (κ3) is 6.10. The van der Waals surface area contributed by atoms with E-state index in [1.807, 2.05) is 12.1 Å². The Balaban J connectivity index is 1.02. The van der Waals surface area contributed by atoms with Gasteiger partial charge in [0.1, 0.15) is 19.0 Å². The lowest BCUT2D eigenvalue weighted by Gasteiger charge is -2.47. The largest absolute Gasteiger partial charge is 0.493 e. The molecule has 1 aromatic heterocycles. The fourth-order valence-electron chi connectivity index (χ4n) is 8.27. The molecule has 246 valence electrons. The van der Waals surface area contributed by atoms with Crippen molar-refractivity contribution in [1.29, 1.82) is 0 Å². The topological polar surface area (TPSA) is 59.1 Å². The van der Waals surface area contributed by atoms with Crippen LogP contribution < -0.4 is 14.2 Å². The van der Waals surface area contributed by atoms with Gasteiger partial charge in [0.2, 0.25) is 0 Å². The Hall–Kier alpha value is -4.55. The molecule has 1 N–H and O–H groups in total. The molecule has 3 aliphatic rings. The summed E-state index contributed by atoms with van der Waals surface area (Å²) in [6.45, 7) is 6.53. The van der Waals surface area contributed by atoms with Crippen LogP contribution in [0.15, 0.2) is 96.0 Å². The molecule has 8 rings (SSSR count). The van der Waals surface area contributed by atoms with E-state index in [0.717, 1.165) is 68.1 Å². The normalized spacial score (nSPS) is 20.4. The van der Waals surface area contributed by atoms with E-state index in [1.54, 1.807) is 7.11 Å². The second-order valence-corrected chi connectivity index (χ2v) is 13.6. The summed E-state index contributed by atoms with van der Waals surface area (Å²) in [4.78, 5) is 11.7. The lowest BCUT2D eigenvalue weighted by Crippen LogP contribution is -2.46. The van der Waals surface area contributed by atoms with Gasteiger partial charge < -0.3 is 19.2 Å². The van der Waals surface area contributed by atoms with E-state index >= 15 is 0 Å². The summed E-state index contributed by atoms with van der Waals surface area (Å²) in [6, 6.07) is 32.1. The molecule has 0 aliphatic carbocycles. The molecule has 0 spiro atoms. The zero-order valence-corrected chi connectivity index (χ0v) is 28.1. The highest BCUT2D eigenvalue weighted by Crippen LogP contribution is 2.46. The molecule has 5 aromatic rings. The smallest absolute Gasteiger partial charge is 0.161 e. The van der Waals surface area contributed by atoms with Gasteiger partial charge in [-0.25, -0.2) is 0 Å². The fraction of sp³-hybridized carbons (Fsp3) is 0.357. The number of rotatable bonds is 10. The first-order valence-corrected chi connectivity index (χ1v) is 17.6. The van der Waals surface area contributed by atoms with Crippen LogP contribution in [0.4, 0.5) is 0 Å². The van der Waals surface area contributed by atoms with Crippen molar-refractivity contribution >= 4 is 16.6 Å². The highest BCUT2D eigenvalue weighted by molar-refractivity contribution is 6.06. The monoisotopic (exact) mass is 639 g/mol. The third-order valence-electron chi connectivity index (χ3n) is 10.9. The number of aromatic amines is 1. The molecule has 3 aliphatic heterocycles. The SMILES string of the molecule is CC[C@H]1CN2CCc3cc(OCc4ccccc4)c(OC)cc3[C@@H]2C[C@@H]1CC1=NCCc2c1[nH]c1ccc(OCc3ccccc3)cc21. The molecule has 4 aromatic carbocycles. The van der Waals surface area contributed by atoms with Crippen molar-refractivity contribution in [3.8, 4) is 17.2 Å². The van der Waals surface area contributed by atoms with Crippen LogP contribution >= 0.6 is 0 Å². The second kappa shape index (κ2) is 13.5. The minimum atomic E-state index is 0.384. The van der Waals surface area contributed by atoms with Crippen LogP contribution in [0.25, 0.3) is 10.9 Å². The average molecular weight is 640 g/mol. The summed E-state index contributed by atoms with van der Waals surface area (Å²) in [5.41, 5.74) is 10.2. The molecule has 6 nitrogen and oxygen atoms in total. The van der Waals surface area contributed by atoms with Gasteiger partial charge in [-0.05, 0) is 95.7 Å². The fourth-order valence-corrected chi connectivity index (χ4v) is 8.27. The van der Waals surface area contributed by atoms with Crippen molar-refractivity contribution in [3.05, 3.63) is 125 Å². The minimum Gasteiger partial charge on any atom is -0.493 e. The summed E-state index contributed by atoms with van der Waals surface area (Å²) >= 11 is 0. The van der Waals surface area contributed by atoms with Crippen LogP contribution in [0.1, 0.15) is 65.7 Å². The van der Waals surface area contributed by atoms with Crippen LogP contribution in [-0.4, -0.2) is 42.3 Å². The summed E-state index contributed by atoms with van der Waals surface area (Å²) < 4.78 is 18.4. The maximum absolute atomic E-state index is 6.31. The molecular formula is C42H45N3O3. The lowest BCUT2D eigenvalue weighted by atomic mass is 9.73. The number of aromatic nitrogens is 1. The Morgan fingerprint density at radius 3 is 2.35 bits per heavy atom. The predicted octanol–water partition coefficient (Wildman–Crippen LogP) is 8.72. The predicted molar refractivity (Wildman–Crippen MR) is 192 cm³/mol. The van der Waals surface area contributed by atoms with E-state index in [9.17, 15) is 0 Å². The first-order chi connectivity index (χ1) is 23.7. The van der Waals surface area contributed by atoms with Gasteiger partial charge >= 0.3 is 0 Å². The molecule has 0 radical (unpaired) electrons. The Labute approximate surface area is 283 Å².